The van der Waals surface area contributed by atoms with E-state index in [-0.39, 0.29) is 11.7 Å². The van der Waals surface area contributed by atoms with Crippen LogP contribution in [0.1, 0.15) is 28.6 Å². The molecule has 2 bridgehead atoms. The number of quaternary nitrogens is 1. The van der Waals surface area contributed by atoms with E-state index in [9.17, 15) is 10.3 Å². The Morgan fingerprint density at radius 1 is 1.52 bits per heavy atom. The maximum Gasteiger partial charge on any atom is 0.132 e. The summed E-state index contributed by atoms with van der Waals surface area (Å²) in [5.41, 5.74) is 1.20. The maximum atomic E-state index is 13.4. The zero-order chi connectivity index (χ0) is 20.1. The summed E-state index contributed by atoms with van der Waals surface area (Å²) in [6.45, 7) is 4.82. The van der Waals surface area contributed by atoms with Crippen molar-refractivity contribution in [1.29, 1.82) is 0 Å². The molecule has 132 valence electrons. The van der Waals surface area contributed by atoms with Crippen molar-refractivity contribution in [3.8, 4) is 5.75 Å². The molecule has 3 aliphatic heterocycles. The van der Waals surface area contributed by atoms with E-state index in [1.165, 1.54) is 0 Å². The summed E-state index contributed by atoms with van der Waals surface area (Å²) in [4.78, 5) is 4.29. The van der Waals surface area contributed by atoms with Crippen LogP contribution in [0.2, 0.25) is 0 Å². The molecule has 0 saturated carbocycles. The minimum absolute atomic E-state index is 0.178. The quantitative estimate of drug-likeness (QED) is 0.526. The molecule has 25 heavy (non-hydrogen) atoms. The lowest BCUT2D eigenvalue weighted by Gasteiger charge is -2.61. The molecule has 1 aromatic carbocycles. The Kier molecular flexibility index (Phi) is 3.24. The number of hydrogen-bond donors (Lipinski definition) is 1. The van der Waals surface area contributed by atoms with Crippen molar-refractivity contribution in [3.63, 3.8) is 0 Å². The van der Waals surface area contributed by atoms with Crippen LogP contribution in [-0.2, 0) is 0 Å². The van der Waals surface area contributed by atoms with Gasteiger partial charge in [-0.3, -0.25) is 4.98 Å². The summed E-state index contributed by atoms with van der Waals surface area (Å²) < 4.78 is 26.5. The lowest BCUT2D eigenvalue weighted by molar-refractivity contribution is -0.929. The molecule has 1 aromatic heterocycles. The fourth-order valence-electron chi connectivity index (χ4n) is 4.62. The van der Waals surface area contributed by atoms with Crippen molar-refractivity contribution in [2.75, 3.05) is 20.1 Å². The molecule has 1 unspecified atom stereocenters. The van der Waals surface area contributed by atoms with Crippen LogP contribution in [0.4, 0.5) is 0 Å². The summed E-state index contributed by atoms with van der Waals surface area (Å²) >= 11 is 0. The Morgan fingerprint density at radius 2 is 2.40 bits per heavy atom. The molecular weight excluding hydrogens is 316 g/mol. The van der Waals surface area contributed by atoms with Gasteiger partial charge in [-0.2, -0.15) is 0 Å². The van der Waals surface area contributed by atoms with Crippen molar-refractivity contribution in [3.05, 3.63) is 53.9 Å². The van der Waals surface area contributed by atoms with Crippen LogP contribution in [0.3, 0.4) is 0 Å². The number of methoxy groups -OCH3 is 1. The Morgan fingerprint density at radius 3 is 3.16 bits per heavy atom. The number of pyridine rings is 1. The molecule has 5 atom stereocenters. The smallest absolute Gasteiger partial charge is 0.132 e. The number of hydroxylamine groups is 3. The number of rotatable bonds is 4. The maximum absolute atomic E-state index is 13.4. The van der Waals surface area contributed by atoms with Gasteiger partial charge in [0.1, 0.15) is 17.9 Å². The number of ether oxygens (including phenoxy) is 1. The standard InChI is InChI=1S/C20H24N2O3/c1-3-13-12-22(24)9-7-14(13)10-19(22)20(23)16-6-8-21-18-5-4-15(25-2)11-17(16)18/h3-6,8,11,13-14,19-20,23H,1,7,9-10,12H2,2H3/t13-,14-,19+,20-,22?/m0/s1/i2D3. The van der Waals surface area contributed by atoms with E-state index < -0.39 is 23.8 Å². The number of benzene rings is 1. The van der Waals surface area contributed by atoms with Gasteiger partial charge >= 0.3 is 0 Å². The molecule has 0 aliphatic carbocycles. The van der Waals surface area contributed by atoms with Gasteiger partial charge < -0.3 is 19.7 Å². The second-order valence-electron chi connectivity index (χ2n) is 7.24. The molecule has 5 nitrogen and oxygen atoms in total. The Labute approximate surface area is 151 Å². The van der Waals surface area contributed by atoms with Crippen molar-refractivity contribution in [1.82, 2.24) is 4.98 Å². The van der Waals surface area contributed by atoms with E-state index in [0.29, 0.717) is 41.9 Å². The summed E-state index contributed by atoms with van der Waals surface area (Å²) in [7, 11) is -2.56. The molecule has 5 rings (SSSR count). The van der Waals surface area contributed by atoms with Crippen LogP contribution in [0, 0.1) is 17.0 Å². The number of fused-ring (bicyclic) bond motifs is 4. The van der Waals surface area contributed by atoms with Gasteiger partial charge in [0.2, 0.25) is 0 Å². The third-order valence-electron chi connectivity index (χ3n) is 6.00. The molecule has 3 saturated heterocycles. The largest absolute Gasteiger partial charge is 0.632 e. The lowest BCUT2D eigenvalue weighted by atomic mass is 9.73. The fraction of sp³-hybridized carbons (Fsp3) is 0.450. The van der Waals surface area contributed by atoms with Gasteiger partial charge in [0.25, 0.3) is 0 Å². The monoisotopic (exact) mass is 343 g/mol. The average molecular weight is 343 g/mol. The molecule has 1 N–H and O–H groups in total. The molecule has 5 heteroatoms. The fourth-order valence-corrected chi connectivity index (χ4v) is 4.62. The second-order valence-corrected chi connectivity index (χ2v) is 7.24. The Balaban J connectivity index is 1.70. The third-order valence-corrected chi connectivity index (χ3v) is 6.00. The summed E-state index contributed by atoms with van der Waals surface area (Å²) in [5.74, 6) is 0.744. The summed E-state index contributed by atoms with van der Waals surface area (Å²) in [6, 6.07) is 6.03. The highest BCUT2D eigenvalue weighted by molar-refractivity contribution is 5.83. The van der Waals surface area contributed by atoms with Crippen molar-refractivity contribution >= 4 is 10.9 Å². The molecule has 0 spiro atoms. The van der Waals surface area contributed by atoms with Crippen LogP contribution < -0.4 is 4.74 Å². The minimum Gasteiger partial charge on any atom is -0.632 e. The topological polar surface area (TPSA) is 65.4 Å². The first kappa shape index (κ1) is 13.3. The molecule has 0 amide bonds. The number of aliphatic hydroxyl groups excluding tert-OH is 1. The van der Waals surface area contributed by atoms with Gasteiger partial charge in [0.15, 0.2) is 0 Å². The lowest BCUT2D eigenvalue weighted by Crippen LogP contribution is -2.64. The number of piperidine rings is 3. The highest BCUT2D eigenvalue weighted by Gasteiger charge is 2.49. The first-order chi connectivity index (χ1) is 13.2. The van der Waals surface area contributed by atoms with E-state index in [1.807, 2.05) is 6.08 Å². The van der Waals surface area contributed by atoms with Crippen molar-refractivity contribution in [2.45, 2.75) is 25.0 Å². The molecule has 0 radical (unpaired) electrons. The van der Waals surface area contributed by atoms with Crippen LogP contribution in [-0.4, -0.2) is 40.9 Å². The van der Waals surface area contributed by atoms with Crippen molar-refractivity contribution in [2.24, 2.45) is 11.8 Å². The number of nitrogens with zero attached hydrogens (tertiary/aromatic N) is 2. The SMILES string of the molecule is [2H]C([2H])([2H])Oc1ccc2nccc([C@H](O)[C@H]3C[C@@H]4CC[N+]3([O-])C[C@@H]4C=C)c2c1. The van der Waals surface area contributed by atoms with Crippen LogP contribution >= 0.6 is 0 Å². The number of aliphatic hydroxyl groups is 1. The molecular formula is C20H24N2O3. The van der Waals surface area contributed by atoms with Gasteiger partial charge in [0, 0.05) is 30.3 Å². The van der Waals surface area contributed by atoms with E-state index in [2.05, 4.69) is 11.6 Å². The highest BCUT2D eigenvalue weighted by atomic mass is 16.6. The summed E-state index contributed by atoms with van der Waals surface area (Å²) in [5, 5.41) is 25.2. The zero-order valence-electron chi connectivity index (χ0n) is 17.0. The average Bonchev–Trinajstić information content (AvgIpc) is 2.65. The van der Waals surface area contributed by atoms with Gasteiger partial charge in [-0.05, 0) is 35.7 Å². The molecule has 4 heterocycles. The Bertz CT molecular complexity index is 904. The minimum atomic E-state index is -2.56. The predicted octanol–water partition coefficient (Wildman–Crippen LogP) is 3.19. The zero-order valence-corrected chi connectivity index (χ0v) is 14.0. The van der Waals surface area contributed by atoms with E-state index >= 15 is 0 Å². The van der Waals surface area contributed by atoms with Crippen LogP contribution in [0.25, 0.3) is 10.9 Å². The van der Waals surface area contributed by atoms with Gasteiger partial charge in [-0.15, -0.1) is 6.58 Å². The van der Waals surface area contributed by atoms with Crippen LogP contribution in [0.5, 0.6) is 5.75 Å². The molecule has 2 aromatic rings. The van der Waals surface area contributed by atoms with Crippen molar-refractivity contribution < 1.29 is 18.6 Å². The second kappa shape index (κ2) is 6.09. The highest BCUT2D eigenvalue weighted by Crippen LogP contribution is 2.46. The van der Waals surface area contributed by atoms with Crippen LogP contribution in [0.15, 0.2) is 43.1 Å². The molecule has 3 fully saturated rings. The molecule has 3 aliphatic rings. The number of hydrogen-bond acceptors (Lipinski definition) is 4. The van der Waals surface area contributed by atoms with Gasteiger partial charge in [-0.25, -0.2) is 0 Å². The predicted molar refractivity (Wildman–Crippen MR) is 96.8 cm³/mol. The number of aromatic nitrogens is 1. The normalized spacial score (nSPS) is 34.8. The first-order valence-corrected chi connectivity index (χ1v) is 8.66. The third kappa shape index (κ3) is 2.63. The summed E-state index contributed by atoms with van der Waals surface area (Å²) in [6.07, 6.45) is 4.02. The van der Waals surface area contributed by atoms with E-state index in [1.54, 1.807) is 30.5 Å². The first-order valence-electron chi connectivity index (χ1n) is 10.2. The van der Waals surface area contributed by atoms with Gasteiger partial charge in [-0.1, -0.05) is 6.08 Å². The van der Waals surface area contributed by atoms with E-state index in [0.717, 1.165) is 6.42 Å². The Hall–Kier alpha value is -1.95. The van der Waals surface area contributed by atoms with Gasteiger partial charge in [0.05, 0.1) is 29.8 Å². The van der Waals surface area contributed by atoms with E-state index in [4.69, 9.17) is 8.85 Å².